The standard InChI is InChI=1S/C9H12N2O/c1-5-7(2)8(6-10-3)9(12)11-4/h5-6H,1-3H2,4H3,(H,11,12)/b8-6+. The number of allylic oxidation sites excluding steroid dienone is 1. The van der Waals surface area contributed by atoms with E-state index in [0.717, 1.165) is 0 Å². The van der Waals surface area contributed by atoms with E-state index in [1.54, 1.807) is 0 Å². The Morgan fingerprint density at radius 2 is 2.17 bits per heavy atom. The molecule has 0 aliphatic rings. The second-order valence-electron chi connectivity index (χ2n) is 2.03. The number of likely N-dealkylation sites (N-methyl/N-ethyl adjacent to an activating group) is 1. The fourth-order valence-electron chi connectivity index (χ4n) is 0.623. The summed E-state index contributed by atoms with van der Waals surface area (Å²) in [4.78, 5) is 14.6. The van der Waals surface area contributed by atoms with Gasteiger partial charge < -0.3 is 5.32 Å². The molecule has 0 spiro atoms. The van der Waals surface area contributed by atoms with Crippen LogP contribution in [0.5, 0.6) is 0 Å². The molecular formula is C9H12N2O. The molecule has 1 amide bonds. The van der Waals surface area contributed by atoms with Gasteiger partial charge in [0.15, 0.2) is 0 Å². The van der Waals surface area contributed by atoms with E-state index >= 15 is 0 Å². The number of hydrogen-bond acceptors (Lipinski definition) is 2. The van der Waals surface area contributed by atoms with Gasteiger partial charge in [0.05, 0.1) is 5.57 Å². The summed E-state index contributed by atoms with van der Waals surface area (Å²) in [6.07, 6.45) is 2.84. The molecule has 0 rings (SSSR count). The summed E-state index contributed by atoms with van der Waals surface area (Å²) in [5.41, 5.74) is 0.907. The van der Waals surface area contributed by atoms with Crippen molar-refractivity contribution in [3.8, 4) is 0 Å². The summed E-state index contributed by atoms with van der Waals surface area (Å²) in [5.74, 6) is -0.243. The van der Waals surface area contributed by atoms with Crippen molar-refractivity contribution in [3.05, 3.63) is 36.6 Å². The molecule has 0 atom stereocenters. The highest BCUT2D eigenvalue weighted by molar-refractivity contribution is 5.98. The van der Waals surface area contributed by atoms with E-state index in [4.69, 9.17) is 0 Å². The fraction of sp³-hybridized carbons (Fsp3) is 0.111. The van der Waals surface area contributed by atoms with Crippen LogP contribution in [0.3, 0.4) is 0 Å². The number of aliphatic imine (C=N–C) groups is 1. The first-order chi connectivity index (χ1) is 5.67. The molecule has 0 aromatic heterocycles. The third-order valence-corrected chi connectivity index (χ3v) is 1.28. The molecule has 3 nitrogen and oxygen atoms in total. The van der Waals surface area contributed by atoms with Gasteiger partial charge in [-0.3, -0.25) is 9.79 Å². The zero-order valence-corrected chi connectivity index (χ0v) is 7.13. The summed E-state index contributed by atoms with van der Waals surface area (Å²) in [6, 6.07) is 0. The Morgan fingerprint density at radius 3 is 2.50 bits per heavy atom. The van der Waals surface area contributed by atoms with Crippen molar-refractivity contribution < 1.29 is 4.79 Å². The third kappa shape index (κ3) is 2.54. The van der Waals surface area contributed by atoms with Crippen LogP contribution in [0.2, 0.25) is 0 Å². The first kappa shape index (κ1) is 10.4. The van der Waals surface area contributed by atoms with Crippen LogP contribution in [-0.4, -0.2) is 19.7 Å². The summed E-state index contributed by atoms with van der Waals surface area (Å²) >= 11 is 0. The molecule has 3 heteroatoms. The predicted molar refractivity (Wildman–Crippen MR) is 51.0 cm³/mol. The molecule has 0 aliphatic heterocycles. The molecule has 12 heavy (non-hydrogen) atoms. The molecule has 0 fully saturated rings. The van der Waals surface area contributed by atoms with Gasteiger partial charge in [-0.25, -0.2) is 0 Å². The first-order valence-corrected chi connectivity index (χ1v) is 3.37. The summed E-state index contributed by atoms with van der Waals surface area (Å²) in [6.45, 7) is 10.4. The van der Waals surface area contributed by atoms with E-state index in [0.29, 0.717) is 11.1 Å². The van der Waals surface area contributed by atoms with Crippen LogP contribution in [0.25, 0.3) is 0 Å². The van der Waals surface area contributed by atoms with Crippen molar-refractivity contribution in [2.24, 2.45) is 4.99 Å². The lowest BCUT2D eigenvalue weighted by molar-refractivity contribution is -0.116. The van der Waals surface area contributed by atoms with Crippen molar-refractivity contribution >= 4 is 12.6 Å². The SMILES string of the molecule is C=CC(=C)/C(=C\N=C)C(=O)NC. The highest BCUT2D eigenvalue weighted by atomic mass is 16.1. The van der Waals surface area contributed by atoms with E-state index in [9.17, 15) is 4.79 Å². The van der Waals surface area contributed by atoms with Gasteiger partial charge in [0.2, 0.25) is 0 Å². The molecule has 0 aliphatic carbocycles. The van der Waals surface area contributed by atoms with Crippen LogP contribution >= 0.6 is 0 Å². The Balaban J connectivity index is 4.78. The lowest BCUT2D eigenvalue weighted by Gasteiger charge is -2.02. The molecule has 0 bridgehead atoms. The summed E-state index contributed by atoms with van der Waals surface area (Å²) in [5, 5.41) is 2.46. The van der Waals surface area contributed by atoms with Crippen molar-refractivity contribution in [1.82, 2.24) is 5.32 Å². The topological polar surface area (TPSA) is 41.5 Å². The highest BCUT2D eigenvalue weighted by Gasteiger charge is 2.07. The average Bonchev–Trinajstić information content (AvgIpc) is 2.11. The van der Waals surface area contributed by atoms with Gasteiger partial charge in [-0.15, -0.1) is 0 Å². The number of nitrogens with one attached hydrogen (secondary N) is 1. The molecule has 0 heterocycles. The quantitative estimate of drug-likeness (QED) is 0.377. The molecule has 0 saturated carbocycles. The highest BCUT2D eigenvalue weighted by Crippen LogP contribution is 2.08. The third-order valence-electron chi connectivity index (χ3n) is 1.28. The maximum Gasteiger partial charge on any atom is 0.253 e. The van der Waals surface area contributed by atoms with Crippen LogP contribution in [0.1, 0.15) is 0 Å². The lowest BCUT2D eigenvalue weighted by Crippen LogP contribution is -2.20. The van der Waals surface area contributed by atoms with E-state index in [1.165, 1.54) is 19.3 Å². The first-order valence-electron chi connectivity index (χ1n) is 3.37. The minimum absolute atomic E-state index is 0.243. The number of hydrogen-bond donors (Lipinski definition) is 1. The number of rotatable bonds is 4. The van der Waals surface area contributed by atoms with Gasteiger partial charge in [0.1, 0.15) is 0 Å². The van der Waals surface area contributed by atoms with Gasteiger partial charge in [0, 0.05) is 13.2 Å². The van der Waals surface area contributed by atoms with Gasteiger partial charge in [-0.1, -0.05) is 19.2 Å². The van der Waals surface area contributed by atoms with Gasteiger partial charge in [0.25, 0.3) is 5.91 Å². The molecule has 0 aromatic carbocycles. The lowest BCUT2D eigenvalue weighted by atomic mass is 10.1. The normalized spacial score (nSPS) is 10.2. The Bertz CT molecular complexity index is 251. The van der Waals surface area contributed by atoms with E-state index < -0.39 is 0 Å². The van der Waals surface area contributed by atoms with E-state index in [-0.39, 0.29) is 5.91 Å². The van der Waals surface area contributed by atoms with Gasteiger partial charge >= 0.3 is 0 Å². The number of amides is 1. The maximum atomic E-state index is 11.1. The second kappa shape index (κ2) is 5.07. The minimum atomic E-state index is -0.243. The van der Waals surface area contributed by atoms with Crippen molar-refractivity contribution in [3.63, 3.8) is 0 Å². The Labute approximate surface area is 72.2 Å². The monoisotopic (exact) mass is 164 g/mol. The largest absolute Gasteiger partial charge is 0.355 e. The molecule has 64 valence electrons. The summed E-state index contributed by atoms with van der Waals surface area (Å²) in [7, 11) is 1.54. The molecule has 0 unspecified atom stereocenters. The van der Waals surface area contributed by atoms with Gasteiger partial charge in [-0.05, 0) is 12.3 Å². The van der Waals surface area contributed by atoms with Crippen LogP contribution in [0.4, 0.5) is 0 Å². The number of carbonyl (C=O) groups excluding carboxylic acids is 1. The van der Waals surface area contributed by atoms with Crippen LogP contribution in [0, 0.1) is 0 Å². The number of nitrogens with zero attached hydrogens (tertiary/aromatic N) is 1. The zero-order chi connectivity index (χ0) is 9.56. The van der Waals surface area contributed by atoms with E-state index in [2.05, 4.69) is 30.2 Å². The fourth-order valence-corrected chi connectivity index (χ4v) is 0.623. The molecular weight excluding hydrogens is 152 g/mol. The number of carbonyl (C=O) groups is 1. The van der Waals surface area contributed by atoms with Crippen LogP contribution < -0.4 is 5.32 Å². The maximum absolute atomic E-state index is 11.1. The molecule has 0 aromatic rings. The van der Waals surface area contributed by atoms with E-state index in [1.807, 2.05) is 0 Å². The Kier molecular flexibility index (Phi) is 4.38. The average molecular weight is 164 g/mol. The van der Waals surface area contributed by atoms with Crippen LogP contribution in [-0.2, 0) is 4.79 Å². The molecule has 0 radical (unpaired) electrons. The zero-order valence-electron chi connectivity index (χ0n) is 7.13. The van der Waals surface area contributed by atoms with Crippen molar-refractivity contribution in [1.29, 1.82) is 0 Å². The molecule has 1 N–H and O–H groups in total. The van der Waals surface area contributed by atoms with Gasteiger partial charge in [-0.2, -0.15) is 0 Å². The van der Waals surface area contributed by atoms with Crippen LogP contribution in [0.15, 0.2) is 41.6 Å². The van der Waals surface area contributed by atoms with Crippen molar-refractivity contribution in [2.75, 3.05) is 7.05 Å². The minimum Gasteiger partial charge on any atom is -0.355 e. The Morgan fingerprint density at radius 1 is 1.58 bits per heavy atom. The van der Waals surface area contributed by atoms with Crippen molar-refractivity contribution in [2.45, 2.75) is 0 Å². The summed E-state index contributed by atoms with van der Waals surface area (Å²) < 4.78 is 0. The molecule has 0 saturated heterocycles. The second-order valence-corrected chi connectivity index (χ2v) is 2.03. The smallest absolute Gasteiger partial charge is 0.253 e. The Hall–Kier alpha value is -1.64. The predicted octanol–water partition coefficient (Wildman–Crippen LogP) is 1.06.